The number of thioether (sulfide) groups is 1. The van der Waals surface area contributed by atoms with E-state index in [-0.39, 0.29) is 29.7 Å². The highest BCUT2D eigenvalue weighted by Crippen LogP contribution is 2.37. The molecule has 2 aliphatic heterocycles. The Morgan fingerprint density at radius 3 is 2.91 bits per heavy atom. The molecule has 1 saturated heterocycles. The number of nitrogens with zero attached hydrogens (tertiary/aromatic N) is 1. The van der Waals surface area contributed by atoms with E-state index in [1.165, 1.54) is 0 Å². The Morgan fingerprint density at radius 1 is 1.41 bits per heavy atom. The minimum absolute atomic E-state index is 0.0755. The molecule has 0 unspecified atom stereocenters. The van der Waals surface area contributed by atoms with Gasteiger partial charge >= 0.3 is 5.97 Å². The highest BCUT2D eigenvalue weighted by atomic mass is 32.2. The number of carbonyl (C=O) groups excluding carboxylic acids is 1. The van der Waals surface area contributed by atoms with Crippen molar-refractivity contribution >= 4 is 22.8 Å². The maximum Gasteiger partial charge on any atom is 0.338 e. The standard InChI is InChI=1S/C16H19NO4S/c1-10-17-14-13(8-12(9-19-2)20-16(14)22-10)21-15(18)11-6-4-3-5-7-11/h3-7,12-14,16H,8-9H2,1-2H3/t12-,13-,14+,16+/m0/s1. The van der Waals surface area contributed by atoms with Gasteiger partial charge in [-0.2, -0.15) is 0 Å². The summed E-state index contributed by atoms with van der Waals surface area (Å²) in [6.45, 7) is 2.44. The molecule has 5 nitrogen and oxygen atoms in total. The van der Waals surface area contributed by atoms with E-state index < -0.39 is 0 Å². The van der Waals surface area contributed by atoms with Crippen LogP contribution in [0.3, 0.4) is 0 Å². The van der Waals surface area contributed by atoms with Crippen LogP contribution in [0.2, 0.25) is 0 Å². The fourth-order valence-electron chi connectivity index (χ4n) is 2.74. The summed E-state index contributed by atoms with van der Waals surface area (Å²) in [6.07, 6.45) is 0.246. The summed E-state index contributed by atoms with van der Waals surface area (Å²) >= 11 is 1.59. The predicted molar refractivity (Wildman–Crippen MR) is 85.3 cm³/mol. The fraction of sp³-hybridized carbons (Fsp3) is 0.500. The molecule has 4 atom stereocenters. The molecule has 0 radical (unpaired) electrons. The molecule has 0 N–H and O–H groups in total. The molecule has 118 valence electrons. The summed E-state index contributed by atoms with van der Waals surface area (Å²) in [5.74, 6) is -0.313. The Labute approximate surface area is 134 Å². The van der Waals surface area contributed by atoms with Gasteiger partial charge in [-0.3, -0.25) is 4.99 Å². The van der Waals surface area contributed by atoms with Crippen molar-refractivity contribution in [2.24, 2.45) is 4.99 Å². The molecular formula is C16H19NO4S. The lowest BCUT2D eigenvalue weighted by molar-refractivity contribution is -0.0981. The van der Waals surface area contributed by atoms with E-state index >= 15 is 0 Å². The van der Waals surface area contributed by atoms with Crippen molar-refractivity contribution in [2.45, 2.75) is 37.0 Å². The largest absolute Gasteiger partial charge is 0.456 e. The van der Waals surface area contributed by atoms with E-state index in [4.69, 9.17) is 14.2 Å². The van der Waals surface area contributed by atoms with Gasteiger partial charge in [-0.25, -0.2) is 4.79 Å². The van der Waals surface area contributed by atoms with Gasteiger partial charge in [-0.1, -0.05) is 30.0 Å². The number of carbonyl (C=O) groups is 1. The first-order valence-electron chi connectivity index (χ1n) is 7.29. The molecular weight excluding hydrogens is 302 g/mol. The number of ether oxygens (including phenoxy) is 3. The van der Waals surface area contributed by atoms with Crippen molar-refractivity contribution in [1.29, 1.82) is 0 Å². The predicted octanol–water partition coefficient (Wildman–Crippen LogP) is 2.51. The topological polar surface area (TPSA) is 57.1 Å². The number of benzene rings is 1. The van der Waals surface area contributed by atoms with Crippen molar-refractivity contribution in [3.8, 4) is 0 Å². The summed E-state index contributed by atoms with van der Waals surface area (Å²) in [4.78, 5) is 16.9. The summed E-state index contributed by atoms with van der Waals surface area (Å²) in [7, 11) is 1.64. The molecule has 1 aromatic carbocycles. The number of hydrogen-bond donors (Lipinski definition) is 0. The van der Waals surface area contributed by atoms with Gasteiger partial charge in [0.15, 0.2) is 0 Å². The molecule has 0 bridgehead atoms. The highest BCUT2D eigenvalue weighted by molar-refractivity contribution is 8.14. The third kappa shape index (κ3) is 3.34. The Kier molecular flexibility index (Phi) is 4.81. The average molecular weight is 321 g/mol. The molecule has 3 rings (SSSR count). The molecule has 1 fully saturated rings. The maximum absolute atomic E-state index is 12.3. The number of rotatable bonds is 4. The van der Waals surface area contributed by atoms with Crippen LogP contribution in [0.5, 0.6) is 0 Å². The van der Waals surface area contributed by atoms with Crippen molar-refractivity contribution < 1.29 is 19.0 Å². The number of methoxy groups -OCH3 is 1. The van der Waals surface area contributed by atoms with Crippen molar-refractivity contribution in [3.05, 3.63) is 35.9 Å². The van der Waals surface area contributed by atoms with Gasteiger partial charge in [-0.15, -0.1) is 0 Å². The van der Waals surface area contributed by atoms with E-state index in [9.17, 15) is 4.79 Å². The lowest BCUT2D eigenvalue weighted by Crippen LogP contribution is -2.47. The minimum atomic E-state index is -0.313. The molecule has 2 aliphatic rings. The molecule has 1 aromatic rings. The lowest BCUT2D eigenvalue weighted by Gasteiger charge is -2.36. The average Bonchev–Trinajstić information content (AvgIpc) is 2.89. The minimum Gasteiger partial charge on any atom is -0.456 e. The smallest absolute Gasteiger partial charge is 0.338 e. The molecule has 6 heteroatoms. The monoisotopic (exact) mass is 321 g/mol. The highest BCUT2D eigenvalue weighted by Gasteiger charge is 2.44. The van der Waals surface area contributed by atoms with Crippen molar-refractivity contribution in [2.75, 3.05) is 13.7 Å². The lowest BCUT2D eigenvalue weighted by atomic mass is 10.0. The van der Waals surface area contributed by atoms with Crippen LogP contribution in [-0.4, -0.2) is 48.4 Å². The van der Waals surface area contributed by atoms with Crippen LogP contribution >= 0.6 is 11.8 Å². The van der Waals surface area contributed by atoms with Gasteiger partial charge in [0.05, 0.1) is 23.3 Å². The van der Waals surface area contributed by atoms with Crippen LogP contribution in [0.4, 0.5) is 0 Å². The first kappa shape index (κ1) is 15.5. The van der Waals surface area contributed by atoms with E-state index in [2.05, 4.69) is 4.99 Å². The van der Waals surface area contributed by atoms with Gasteiger partial charge in [0, 0.05) is 13.5 Å². The van der Waals surface area contributed by atoms with Crippen LogP contribution < -0.4 is 0 Å². The summed E-state index contributed by atoms with van der Waals surface area (Å²) in [6, 6.07) is 8.89. The number of fused-ring (bicyclic) bond motifs is 1. The van der Waals surface area contributed by atoms with Crippen LogP contribution in [0, 0.1) is 0 Å². The molecule has 0 saturated carbocycles. The third-order valence-corrected chi connectivity index (χ3v) is 4.79. The van der Waals surface area contributed by atoms with Crippen LogP contribution in [-0.2, 0) is 14.2 Å². The second-order valence-corrected chi connectivity index (χ2v) is 6.68. The zero-order chi connectivity index (χ0) is 15.5. The van der Waals surface area contributed by atoms with Crippen LogP contribution in [0.25, 0.3) is 0 Å². The third-order valence-electron chi connectivity index (χ3n) is 3.72. The molecule has 2 heterocycles. The van der Waals surface area contributed by atoms with Gasteiger partial charge < -0.3 is 14.2 Å². The second kappa shape index (κ2) is 6.81. The Bertz CT molecular complexity index is 563. The van der Waals surface area contributed by atoms with Crippen molar-refractivity contribution in [1.82, 2.24) is 0 Å². The van der Waals surface area contributed by atoms with Gasteiger partial charge in [0.1, 0.15) is 17.6 Å². The summed E-state index contributed by atoms with van der Waals surface area (Å²) in [5, 5.41) is 0.967. The van der Waals surface area contributed by atoms with Crippen LogP contribution in [0.1, 0.15) is 23.7 Å². The molecule has 0 aromatic heterocycles. The molecule has 0 spiro atoms. The van der Waals surface area contributed by atoms with E-state index in [0.29, 0.717) is 18.6 Å². The van der Waals surface area contributed by atoms with E-state index in [0.717, 1.165) is 5.04 Å². The second-order valence-electron chi connectivity index (χ2n) is 5.38. The molecule has 0 aliphatic carbocycles. The number of esters is 1. The SMILES string of the molecule is COC[C@@H]1C[C@H](OC(=O)c2ccccc2)[C@H]2N=C(C)S[C@H]2O1. The fourth-order valence-corrected chi connectivity index (χ4v) is 3.85. The first-order chi connectivity index (χ1) is 10.7. The van der Waals surface area contributed by atoms with Gasteiger partial charge in [-0.05, 0) is 19.1 Å². The van der Waals surface area contributed by atoms with Crippen molar-refractivity contribution in [3.63, 3.8) is 0 Å². The summed E-state index contributed by atoms with van der Waals surface area (Å²) < 4.78 is 16.9. The zero-order valence-corrected chi connectivity index (χ0v) is 13.4. The molecule has 0 amide bonds. The van der Waals surface area contributed by atoms with E-state index in [1.807, 2.05) is 25.1 Å². The Balaban J connectivity index is 1.73. The normalized spacial score (nSPS) is 30.5. The van der Waals surface area contributed by atoms with Crippen LogP contribution in [0.15, 0.2) is 35.3 Å². The number of aliphatic imine (C=N–C) groups is 1. The maximum atomic E-state index is 12.3. The Hall–Kier alpha value is -1.37. The quantitative estimate of drug-likeness (QED) is 0.798. The van der Waals surface area contributed by atoms with Gasteiger partial charge in [0.2, 0.25) is 0 Å². The number of hydrogen-bond acceptors (Lipinski definition) is 6. The Morgan fingerprint density at radius 2 is 2.18 bits per heavy atom. The summed E-state index contributed by atoms with van der Waals surface area (Å²) in [5.41, 5.74) is 0.461. The zero-order valence-electron chi connectivity index (χ0n) is 12.6. The van der Waals surface area contributed by atoms with E-state index in [1.54, 1.807) is 31.0 Å². The van der Waals surface area contributed by atoms with Gasteiger partial charge in [0.25, 0.3) is 0 Å². The molecule has 22 heavy (non-hydrogen) atoms. The first-order valence-corrected chi connectivity index (χ1v) is 8.17.